The first-order valence-corrected chi connectivity index (χ1v) is 7.37. The number of benzene rings is 1. The molecule has 0 aromatic heterocycles. The molecule has 0 bridgehead atoms. The number of alkyl halides is 3. The molecule has 0 amide bonds. The van der Waals surface area contributed by atoms with Crippen molar-refractivity contribution in [2.45, 2.75) is 52.3 Å². The van der Waals surface area contributed by atoms with Crippen LogP contribution in [0.4, 0.5) is 13.2 Å². The Morgan fingerprint density at radius 3 is 1.95 bits per heavy atom. The smallest absolute Gasteiger partial charge is 0.311 e. The topological polar surface area (TPSA) is 29.1 Å². The summed E-state index contributed by atoms with van der Waals surface area (Å²) in [6.45, 7) is 9.96. The maximum absolute atomic E-state index is 12.6. The van der Waals surface area contributed by atoms with Crippen LogP contribution in [0, 0.1) is 5.92 Å². The fourth-order valence-corrected chi connectivity index (χ4v) is 2.10. The highest BCUT2D eigenvalue weighted by Crippen LogP contribution is 2.30. The molecule has 0 aliphatic carbocycles. The molecule has 0 spiro atoms. The standard InChI is InChI=1S/C17H24F3NO/c1-11(2)15(22)14(10-21-16(3,4)5)12-6-8-13(9-7-12)17(18,19)20/h6-9,11,14,21H,10H2,1-5H3. The molecule has 0 saturated carbocycles. The van der Waals surface area contributed by atoms with Gasteiger partial charge >= 0.3 is 6.18 Å². The average molecular weight is 315 g/mol. The van der Waals surface area contributed by atoms with Crippen molar-refractivity contribution in [2.75, 3.05) is 6.54 Å². The quantitative estimate of drug-likeness (QED) is 0.872. The second-order valence-electron chi connectivity index (χ2n) is 6.86. The fraction of sp³-hybridized carbons (Fsp3) is 0.588. The van der Waals surface area contributed by atoms with E-state index in [1.54, 1.807) is 13.8 Å². The second kappa shape index (κ2) is 6.82. The third kappa shape index (κ3) is 5.44. The van der Waals surface area contributed by atoms with Gasteiger partial charge in [-0.1, -0.05) is 26.0 Å². The maximum Gasteiger partial charge on any atom is 0.416 e. The molecule has 1 rings (SSSR count). The molecule has 1 N–H and O–H groups in total. The highest BCUT2D eigenvalue weighted by atomic mass is 19.4. The lowest BCUT2D eigenvalue weighted by atomic mass is 9.87. The highest BCUT2D eigenvalue weighted by Gasteiger charge is 2.31. The molecule has 22 heavy (non-hydrogen) atoms. The van der Waals surface area contributed by atoms with Crippen LogP contribution >= 0.6 is 0 Å². The number of ketones is 1. The first-order chi connectivity index (χ1) is 9.92. The Bertz CT molecular complexity index is 498. The van der Waals surface area contributed by atoms with Crippen molar-refractivity contribution < 1.29 is 18.0 Å². The van der Waals surface area contributed by atoms with Gasteiger partial charge in [-0.2, -0.15) is 13.2 Å². The minimum Gasteiger partial charge on any atom is -0.311 e. The lowest BCUT2D eigenvalue weighted by molar-refractivity contribution is -0.137. The van der Waals surface area contributed by atoms with Gasteiger partial charge in [-0.25, -0.2) is 0 Å². The summed E-state index contributed by atoms with van der Waals surface area (Å²) in [7, 11) is 0. The van der Waals surface area contributed by atoms with Crippen molar-refractivity contribution in [1.29, 1.82) is 0 Å². The second-order valence-corrected chi connectivity index (χ2v) is 6.86. The van der Waals surface area contributed by atoms with Gasteiger partial charge in [-0.05, 0) is 38.5 Å². The number of carbonyl (C=O) groups is 1. The SMILES string of the molecule is CC(C)C(=O)C(CNC(C)(C)C)c1ccc(C(F)(F)F)cc1. The van der Waals surface area contributed by atoms with Crippen LogP contribution in [0.1, 0.15) is 51.7 Å². The third-order valence-corrected chi connectivity index (χ3v) is 3.39. The lowest BCUT2D eigenvalue weighted by Gasteiger charge is -2.26. The molecule has 1 aromatic rings. The fourth-order valence-electron chi connectivity index (χ4n) is 2.10. The van der Waals surface area contributed by atoms with Crippen molar-refractivity contribution in [1.82, 2.24) is 5.32 Å². The van der Waals surface area contributed by atoms with Gasteiger partial charge in [0.25, 0.3) is 0 Å². The molecule has 0 saturated heterocycles. The monoisotopic (exact) mass is 315 g/mol. The zero-order valence-electron chi connectivity index (χ0n) is 13.7. The van der Waals surface area contributed by atoms with Gasteiger partial charge in [0, 0.05) is 18.0 Å². The first kappa shape index (κ1) is 18.7. The zero-order valence-corrected chi connectivity index (χ0v) is 13.7. The summed E-state index contributed by atoms with van der Waals surface area (Å²) >= 11 is 0. The van der Waals surface area contributed by atoms with Gasteiger partial charge in [-0.3, -0.25) is 4.79 Å². The molecule has 0 aliphatic heterocycles. The molecule has 5 heteroatoms. The number of halogens is 3. The average Bonchev–Trinajstić information content (AvgIpc) is 2.36. The van der Waals surface area contributed by atoms with E-state index in [0.717, 1.165) is 12.1 Å². The van der Waals surface area contributed by atoms with Gasteiger partial charge in [0.2, 0.25) is 0 Å². The van der Waals surface area contributed by atoms with Crippen LogP contribution in [0.15, 0.2) is 24.3 Å². The van der Waals surface area contributed by atoms with Gasteiger partial charge in [0.15, 0.2) is 0 Å². The summed E-state index contributed by atoms with van der Waals surface area (Å²) in [6, 6.07) is 4.87. The largest absolute Gasteiger partial charge is 0.416 e. The number of Topliss-reactive ketones (excluding diaryl/α,β-unsaturated/α-hetero) is 1. The summed E-state index contributed by atoms with van der Waals surface area (Å²) in [4.78, 5) is 12.4. The molecule has 1 unspecified atom stereocenters. The first-order valence-electron chi connectivity index (χ1n) is 7.37. The van der Waals surface area contributed by atoms with Gasteiger partial charge < -0.3 is 5.32 Å². The van der Waals surface area contributed by atoms with E-state index in [4.69, 9.17) is 0 Å². The van der Waals surface area contributed by atoms with Crippen LogP contribution in [-0.4, -0.2) is 17.9 Å². The highest BCUT2D eigenvalue weighted by molar-refractivity contribution is 5.87. The van der Waals surface area contributed by atoms with E-state index >= 15 is 0 Å². The minimum atomic E-state index is -4.36. The van der Waals surface area contributed by atoms with Crippen molar-refractivity contribution in [3.63, 3.8) is 0 Å². The van der Waals surface area contributed by atoms with Crippen LogP contribution in [-0.2, 0) is 11.0 Å². The Labute approximate surface area is 130 Å². The Morgan fingerprint density at radius 2 is 1.59 bits per heavy atom. The predicted octanol–water partition coefficient (Wildman–Crippen LogP) is 4.40. The normalized spacial score (nSPS) is 14.2. The molecule has 124 valence electrons. The van der Waals surface area contributed by atoms with E-state index in [0.29, 0.717) is 12.1 Å². The summed E-state index contributed by atoms with van der Waals surface area (Å²) < 4.78 is 37.9. The summed E-state index contributed by atoms with van der Waals surface area (Å²) in [5, 5.41) is 3.26. The summed E-state index contributed by atoms with van der Waals surface area (Å²) in [6.07, 6.45) is -4.36. The molecule has 1 aromatic carbocycles. The molecule has 2 nitrogen and oxygen atoms in total. The number of hydrogen-bond acceptors (Lipinski definition) is 2. The van der Waals surface area contributed by atoms with E-state index in [2.05, 4.69) is 5.32 Å². The van der Waals surface area contributed by atoms with Crippen LogP contribution in [0.5, 0.6) is 0 Å². The Kier molecular flexibility index (Phi) is 5.79. The summed E-state index contributed by atoms with van der Waals surface area (Å²) in [5.74, 6) is -0.591. The van der Waals surface area contributed by atoms with Crippen molar-refractivity contribution in [3.05, 3.63) is 35.4 Å². The van der Waals surface area contributed by atoms with E-state index in [-0.39, 0.29) is 17.2 Å². The van der Waals surface area contributed by atoms with Gasteiger partial charge in [-0.15, -0.1) is 0 Å². The lowest BCUT2D eigenvalue weighted by Crippen LogP contribution is -2.40. The van der Waals surface area contributed by atoms with Crippen molar-refractivity contribution in [3.8, 4) is 0 Å². The van der Waals surface area contributed by atoms with Crippen LogP contribution in [0.3, 0.4) is 0 Å². The molecule has 1 atom stereocenters. The summed E-state index contributed by atoms with van der Waals surface area (Å²) in [5.41, 5.74) is -0.249. The van der Waals surface area contributed by atoms with Crippen molar-refractivity contribution >= 4 is 5.78 Å². The van der Waals surface area contributed by atoms with E-state index < -0.39 is 17.7 Å². The zero-order chi connectivity index (χ0) is 17.1. The predicted molar refractivity (Wildman–Crippen MR) is 81.8 cm³/mol. The van der Waals surface area contributed by atoms with E-state index in [1.165, 1.54) is 12.1 Å². The third-order valence-electron chi connectivity index (χ3n) is 3.39. The Morgan fingerprint density at radius 1 is 1.09 bits per heavy atom. The van der Waals surface area contributed by atoms with E-state index in [9.17, 15) is 18.0 Å². The molecule has 0 aliphatic rings. The van der Waals surface area contributed by atoms with Gasteiger partial charge in [0.05, 0.1) is 11.5 Å². The number of carbonyl (C=O) groups excluding carboxylic acids is 1. The molecule has 0 fully saturated rings. The molecular formula is C17H24F3NO. The molecular weight excluding hydrogens is 291 g/mol. The maximum atomic E-state index is 12.6. The number of rotatable bonds is 5. The van der Waals surface area contributed by atoms with Crippen LogP contribution in [0.2, 0.25) is 0 Å². The number of nitrogens with one attached hydrogen (secondary N) is 1. The van der Waals surface area contributed by atoms with Crippen molar-refractivity contribution in [2.24, 2.45) is 5.92 Å². The van der Waals surface area contributed by atoms with Gasteiger partial charge in [0.1, 0.15) is 5.78 Å². The molecule has 0 radical (unpaired) electrons. The Hall–Kier alpha value is -1.36. The van der Waals surface area contributed by atoms with Crippen LogP contribution < -0.4 is 5.32 Å². The molecule has 0 heterocycles. The van der Waals surface area contributed by atoms with Crippen LogP contribution in [0.25, 0.3) is 0 Å². The Balaban J connectivity index is 3.03. The number of hydrogen-bond donors (Lipinski definition) is 1. The van der Waals surface area contributed by atoms with E-state index in [1.807, 2.05) is 20.8 Å². The minimum absolute atomic E-state index is 0.0245.